The van der Waals surface area contributed by atoms with Gasteiger partial charge in [-0.05, 0) is 43.0 Å². The minimum absolute atomic E-state index is 0.000828. The molecule has 0 fully saturated rings. The molecular weight excluding hydrogens is 449 g/mol. The van der Waals surface area contributed by atoms with Gasteiger partial charge in [0.1, 0.15) is 11.5 Å². The summed E-state index contributed by atoms with van der Waals surface area (Å²) in [5, 5.41) is 2.85. The smallest absolute Gasteiger partial charge is 0.244 e. The van der Waals surface area contributed by atoms with Crippen molar-refractivity contribution >= 4 is 46.4 Å². The second-order valence-corrected chi connectivity index (χ2v) is 8.09. The minimum atomic E-state index is -0.387. The average molecular weight is 468 g/mol. The summed E-state index contributed by atoms with van der Waals surface area (Å²) in [7, 11) is 0. The van der Waals surface area contributed by atoms with E-state index < -0.39 is 0 Å². The number of aromatic nitrogens is 1. The van der Waals surface area contributed by atoms with E-state index in [9.17, 15) is 9.59 Å². The van der Waals surface area contributed by atoms with Gasteiger partial charge in [-0.2, -0.15) is 0 Å². The number of carbonyl (C=O) groups is 2. The van der Waals surface area contributed by atoms with Crippen LogP contribution in [-0.4, -0.2) is 23.4 Å². The molecule has 7 nitrogen and oxygen atoms in total. The maximum Gasteiger partial charge on any atom is 0.244 e. The van der Waals surface area contributed by atoms with Gasteiger partial charge in [-0.25, -0.2) is 4.98 Å². The average Bonchev–Trinajstić information content (AvgIpc) is 3.35. The summed E-state index contributed by atoms with van der Waals surface area (Å²) in [6, 6.07) is 8.72. The van der Waals surface area contributed by atoms with Crippen molar-refractivity contribution in [3.63, 3.8) is 0 Å². The maximum absolute atomic E-state index is 12.1. The highest BCUT2D eigenvalue weighted by atomic mass is 35.5. The number of amides is 2. The molecular formula is C20H19Cl2N3O4S. The van der Waals surface area contributed by atoms with Crippen LogP contribution in [0.2, 0.25) is 10.0 Å². The van der Waals surface area contributed by atoms with Crippen molar-refractivity contribution in [1.82, 2.24) is 15.8 Å². The van der Waals surface area contributed by atoms with Crippen LogP contribution in [0.5, 0.6) is 5.75 Å². The molecule has 0 aliphatic carbocycles. The quantitative estimate of drug-likeness (QED) is 0.373. The maximum atomic E-state index is 12.1. The van der Waals surface area contributed by atoms with E-state index in [-0.39, 0.29) is 24.7 Å². The third-order valence-electron chi connectivity index (χ3n) is 3.99. The van der Waals surface area contributed by atoms with Crippen molar-refractivity contribution in [2.45, 2.75) is 26.2 Å². The number of hydrazine groups is 1. The van der Waals surface area contributed by atoms with Crippen LogP contribution < -0.4 is 15.6 Å². The zero-order valence-electron chi connectivity index (χ0n) is 16.0. The highest BCUT2D eigenvalue weighted by Crippen LogP contribution is 2.28. The molecule has 3 rings (SSSR count). The molecule has 0 saturated heterocycles. The summed E-state index contributed by atoms with van der Waals surface area (Å²) in [6.45, 7) is 2.05. The third-order valence-corrected chi connectivity index (χ3v) is 5.38. The fraction of sp³-hybridized carbons (Fsp3) is 0.250. The van der Waals surface area contributed by atoms with Gasteiger partial charge in [-0.15, -0.1) is 11.3 Å². The first kappa shape index (κ1) is 22.1. The first-order valence-corrected chi connectivity index (χ1v) is 10.7. The topological polar surface area (TPSA) is 93.5 Å². The van der Waals surface area contributed by atoms with Gasteiger partial charge >= 0.3 is 0 Å². The zero-order chi connectivity index (χ0) is 21.5. The summed E-state index contributed by atoms with van der Waals surface area (Å²) >= 11 is 13.3. The molecule has 10 heteroatoms. The van der Waals surface area contributed by atoms with E-state index in [1.54, 1.807) is 25.1 Å². The minimum Gasteiger partial charge on any atom is -0.492 e. The van der Waals surface area contributed by atoms with Crippen LogP contribution in [-0.2, 0) is 16.0 Å². The predicted octanol–water partition coefficient (Wildman–Crippen LogP) is 4.57. The van der Waals surface area contributed by atoms with Crippen molar-refractivity contribution < 1.29 is 18.7 Å². The molecule has 0 unspecified atom stereocenters. The van der Waals surface area contributed by atoms with Gasteiger partial charge in [-0.3, -0.25) is 20.4 Å². The predicted molar refractivity (Wildman–Crippen MR) is 116 cm³/mol. The lowest BCUT2D eigenvalue weighted by Crippen LogP contribution is -2.42. The normalized spacial score (nSPS) is 10.6. The fourth-order valence-corrected chi connectivity index (χ4v) is 3.62. The number of ether oxygens (including phenoxy) is 1. The Morgan fingerprint density at radius 2 is 2.00 bits per heavy atom. The Hall–Kier alpha value is -2.55. The number of hydrogen-bond donors (Lipinski definition) is 2. The van der Waals surface area contributed by atoms with Crippen LogP contribution in [0.15, 0.2) is 40.1 Å². The van der Waals surface area contributed by atoms with E-state index in [1.807, 2.05) is 17.5 Å². The molecule has 2 amide bonds. The van der Waals surface area contributed by atoms with Gasteiger partial charge in [0.2, 0.25) is 17.7 Å². The number of halogens is 2. The number of rotatable bonds is 8. The van der Waals surface area contributed by atoms with Crippen LogP contribution in [0.3, 0.4) is 0 Å². The van der Waals surface area contributed by atoms with Gasteiger partial charge in [0, 0.05) is 11.4 Å². The fourth-order valence-electron chi connectivity index (χ4n) is 2.50. The molecule has 0 spiro atoms. The number of hydrogen-bond acceptors (Lipinski definition) is 6. The zero-order valence-corrected chi connectivity index (χ0v) is 18.4. The summed E-state index contributed by atoms with van der Waals surface area (Å²) in [6.07, 6.45) is 0.628. The molecule has 2 N–H and O–H groups in total. The van der Waals surface area contributed by atoms with Crippen LogP contribution in [0, 0.1) is 6.92 Å². The third kappa shape index (κ3) is 6.22. The number of benzene rings is 1. The van der Waals surface area contributed by atoms with E-state index in [0.717, 1.165) is 4.88 Å². The Labute approximate surface area is 187 Å². The summed E-state index contributed by atoms with van der Waals surface area (Å²) in [5.41, 5.74) is 5.29. The van der Waals surface area contributed by atoms with E-state index >= 15 is 0 Å². The lowest BCUT2D eigenvalue weighted by atomic mass is 10.2. The molecule has 0 aliphatic rings. The van der Waals surface area contributed by atoms with Crippen molar-refractivity contribution in [3.05, 3.63) is 57.2 Å². The number of nitrogens with one attached hydrogen (secondary N) is 2. The number of oxazole rings is 1. The highest BCUT2D eigenvalue weighted by Gasteiger charge is 2.15. The SMILES string of the molecule is Cc1oc(-c2cccs2)nc1CC(=O)NNC(=O)CCCOc1ccc(Cl)cc1Cl. The van der Waals surface area contributed by atoms with Crippen LogP contribution in [0.4, 0.5) is 0 Å². The Morgan fingerprint density at radius 1 is 1.20 bits per heavy atom. The summed E-state index contributed by atoms with van der Waals surface area (Å²) < 4.78 is 11.1. The van der Waals surface area contributed by atoms with Gasteiger partial charge in [0.25, 0.3) is 0 Å². The number of carbonyl (C=O) groups excluding carboxylic acids is 2. The largest absolute Gasteiger partial charge is 0.492 e. The van der Waals surface area contributed by atoms with Gasteiger partial charge in [0.15, 0.2) is 0 Å². The second-order valence-electron chi connectivity index (χ2n) is 6.30. The Kier molecular flexibility index (Phi) is 7.73. The first-order valence-electron chi connectivity index (χ1n) is 9.08. The van der Waals surface area contributed by atoms with Gasteiger partial charge in [-0.1, -0.05) is 29.3 Å². The Morgan fingerprint density at radius 3 is 2.73 bits per heavy atom. The number of nitrogens with zero attached hydrogens (tertiary/aromatic N) is 1. The molecule has 0 saturated carbocycles. The van der Waals surface area contributed by atoms with E-state index in [0.29, 0.717) is 46.2 Å². The molecule has 0 radical (unpaired) electrons. The molecule has 1 aromatic carbocycles. The number of aryl methyl sites for hydroxylation is 1. The van der Waals surface area contributed by atoms with Crippen molar-refractivity contribution in [2.75, 3.05) is 6.61 Å². The molecule has 2 heterocycles. The molecule has 158 valence electrons. The Bertz CT molecular complexity index is 1020. The monoisotopic (exact) mass is 467 g/mol. The molecule has 30 heavy (non-hydrogen) atoms. The first-order chi connectivity index (χ1) is 14.4. The van der Waals surface area contributed by atoms with E-state index in [1.165, 1.54) is 11.3 Å². The lowest BCUT2D eigenvalue weighted by molar-refractivity contribution is -0.128. The standard InChI is InChI=1S/C20H19Cl2N3O4S/c1-12-15(23-20(29-12)17-4-3-9-30-17)11-19(27)25-24-18(26)5-2-8-28-16-7-6-13(21)10-14(16)22/h3-4,6-7,9-10H,2,5,8,11H2,1H3,(H,24,26)(H,25,27). The van der Waals surface area contributed by atoms with E-state index in [2.05, 4.69) is 15.8 Å². The van der Waals surface area contributed by atoms with Gasteiger partial charge < -0.3 is 9.15 Å². The molecule has 3 aromatic rings. The summed E-state index contributed by atoms with van der Waals surface area (Å²) in [5.74, 6) is 0.833. The Balaban J connectivity index is 1.37. The lowest BCUT2D eigenvalue weighted by Gasteiger charge is -2.09. The van der Waals surface area contributed by atoms with Crippen LogP contribution >= 0.6 is 34.5 Å². The van der Waals surface area contributed by atoms with Crippen molar-refractivity contribution in [3.8, 4) is 16.5 Å². The summed E-state index contributed by atoms with van der Waals surface area (Å²) in [4.78, 5) is 29.2. The van der Waals surface area contributed by atoms with Crippen LogP contribution in [0.25, 0.3) is 10.8 Å². The van der Waals surface area contributed by atoms with Gasteiger partial charge in [0.05, 0.1) is 28.6 Å². The number of thiophene rings is 1. The highest BCUT2D eigenvalue weighted by molar-refractivity contribution is 7.13. The van der Waals surface area contributed by atoms with Crippen molar-refractivity contribution in [2.24, 2.45) is 0 Å². The molecule has 0 bridgehead atoms. The molecule has 0 atom stereocenters. The second kappa shape index (κ2) is 10.5. The molecule has 0 aliphatic heterocycles. The van der Waals surface area contributed by atoms with Crippen molar-refractivity contribution in [1.29, 1.82) is 0 Å². The van der Waals surface area contributed by atoms with Crippen LogP contribution in [0.1, 0.15) is 24.3 Å². The van der Waals surface area contributed by atoms with E-state index in [4.69, 9.17) is 32.4 Å². The molecule has 2 aromatic heterocycles.